The van der Waals surface area contributed by atoms with Gasteiger partial charge in [-0.1, -0.05) is 60.7 Å². The van der Waals surface area contributed by atoms with Crippen molar-refractivity contribution in [1.82, 2.24) is 14.5 Å². The van der Waals surface area contributed by atoms with Crippen molar-refractivity contribution in [2.24, 2.45) is 5.73 Å². The number of hydrogen-bond donors (Lipinski definition) is 3. The summed E-state index contributed by atoms with van der Waals surface area (Å²) in [6.07, 6.45) is 0.0887. The Morgan fingerprint density at radius 3 is 2.49 bits per heavy atom. The van der Waals surface area contributed by atoms with Crippen molar-refractivity contribution in [2.75, 3.05) is 26.7 Å². The summed E-state index contributed by atoms with van der Waals surface area (Å²) in [6.45, 7) is 0.0993. The van der Waals surface area contributed by atoms with E-state index < -0.39 is 40.6 Å². The quantitative estimate of drug-likeness (QED) is 0.210. The Hall–Kier alpha value is -3.96. The minimum Gasteiger partial charge on any atom is -0.451 e. The third kappa shape index (κ3) is 6.73. The maximum absolute atomic E-state index is 14.0. The van der Waals surface area contributed by atoms with Crippen molar-refractivity contribution in [1.29, 1.82) is 5.41 Å². The number of esters is 1. The topological polar surface area (TPSA) is 146 Å². The molecule has 3 aromatic rings. The summed E-state index contributed by atoms with van der Waals surface area (Å²) in [5.74, 6) is -1.49. The molecule has 1 aliphatic rings. The fourth-order valence-corrected chi connectivity index (χ4v) is 6.41. The van der Waals surface area contributed by atoms with Crippen LogP contribution < -0.4 is 11.1 Å². The highest BCUT2D eigenvalue weighted by Gasteiger charge is 2.37. The summed E-state index contributed by atoms with van der Waals surface area (Å²) < 4.78 is 34.7. The summed E-state index contributed by atoms with van der Waals surface area (Å²) in [6, 6.07) is 20.7. The molecule has 11 heteroatoms. The van der Waals surface area contributed by atoms with Gasteiger partial charge in [0, 0.05) is 32.6 Å². The van der Waals surface area contributed by atoms with Crippen LogP contribution in [0.25, 0.3) is 10.8 Å². The molecule has 1 unspecified atom stereocenters. The number of piperidine rings is 1. The standard InChI is InChI=1S/C28H33N5O5S/c1-31-27(35)25(16-20-8-3-2-4-9-20)38-26(34)19-33(23-12-7-15-32(18-23)28(29)30)39(36,37)24-14-13-21-10-5-6-11-22(21)17-24/h2-6,8-11,13-14,17,23,25H,7,12,15-16,18-19H2,1H3,(H3,29,30)(H,31,35)/t23-,25?/m0/s1. The lowest BCUT2D eigenvalue weighted by Gasteiger charge is -2.38. The molecular formula is C28H33N5O5S. The maximum Gasteiger partial charge on any atom is 0.322 e. The molecule has 1 amide bonds. The van der Waals surface area contributed by atoms with Crippen molar-refractivity contribution in [3.05, 3.63) is 78.4 Å². The third-order valence-electron chi connectivity index (χ3n) is 6.83. The van der Waals surface area contributed by atoms with Crippen LogP contribution in [0.3, 0.4) is 0 Å². The van der Waals surface area contributed by atoms with Gasteiger partial charge >= 0.3 is 5.97 Å². The van der Waals surface area contributed by atoms with E-state index in [1.54, 1.807) is 17.0 Å². The molecule has 1 aliphatic heterocycles. The number of likely N-dealkylation sites (tertiary alicyclic amines) is 1. The molecule has 0 radical (unpaired) electrons. The second kappa shape index (κ2) is 12.3. The third-order valence-corrected chi connectivity index (χ3v) is 8.73. The molecule has 4 N–H and O–H groups in total. The minimum atomic E-state index is -4.16. The van der Waals surface area contributed by atoms with E-state index in [9.17, 15) is 18.0 Å². The fourth-order valence-electron chi connectivity index (χ4n) is 4.78. The van der Waals surface area contributed by atoms with Crippen LogP contribution in [0.5, 0.6) is 0 Å². The predicted octanol–water partition coefficient (Wildman–Crippen LogP) is 2.09. The van der Waals surface area contributed by atoms with Gasteiger partial charge in [0.05, 0.1) is 4.90 Å². The van der Waals surface area contributed by atoms with Gasteiger partial charge in [0.2, 0.25) is 10.0 Å². The summed E-state index contributed by atoms with van der Waals surface area (Å²) in [5, 5.41) is 12.0. The Morgan fingerprint density at radius 2 is 1.79 bits per heavy atom. The van der Waals surface area contributed by atoms with E-state index in [0.29, 0.717) is 19.4 Å². The number of fused-ring (bicyclic) bond motifs is 1. The molecule has 206 valence electrons. The van der Waals surface area contributed by atoms with Crippen LogP contribution in [0.2, 0.25) is 0 Å². The average Bonchev–Trinajstić information content (AvgIpc) is 2.95. The zero-order valence-corrected chi connectivity index (χ0v) is 22.6. The number of carbonyl (C=O) groups excluding carboxylic acids is 2. The first-order chi connectivity index (χ1) is 18.7. The smallest absolute Gasteiger partial charge is 0.322 e. The Morgan fingerprint density at radius 1 is 1.10 bits per heavy atom. The van der Waals surface area contributed by atoms with Gasteiger partial charge in [0.15, 0.2) is 12.1 Å². The van der Waals surface area contributed by atoms with Crippen LogP contribution in [0.4, 0.5) is 0 Å². The Balaban J connectivity index is 1.63. The largest absolute Gasteiger partial charge is 0.451 e. The Kier molecular flexibility index (Phi) is 8.82. The molecule has 0 bridgehead atoms. The highest BCUT2D eigenvalue weighted by Crippen LogP contribution is 2.26. The van der Waals surface area contributed by atoms with Crippen molar-refractivity contribution >= 4 is 38.6 Å². The first kappa shape index (κ1) is 28.1. The Bertz CT molecular complexity index is 1450. The molecule has 3 aromatic carbocycles. The lowest BCUT2D eigenvalue weighted by molar-refractivity contribution is -0.156. The van der Waals surface area contributed by atoms with E-state index in [4.69, 9.17) is 15.9 Å². The number of amides is 1. The van der Waals surface area contributed by atoms with Crippen molar-refractivity contribution in [3.63, 3.8) is 0 Å². The molecule has 1 saturated heterocycles. The van der Waals surface area contributed by atoms with Gasteiger partial charge < -0.3 is 20.7 Å². The molecule has 0 saturated carbocycles. The van der Waals surface area contributed by atoms with Gasteiger partial charge in [-0.2, -0.15) is 4.31 Å². The van der Waals surface area contributed by atoms with E-state index in [-0.39, 0.29) is 23.8 Å². The molecular weight excluding hydrogens is 518 g/mol. The van der Waals surface area contributed by atoms with E-state index in [0.717, 1.165) is 20.6 Å². The predicted molar refractivity (Wildman–Crippen MR) is 148 cm³/mol. The van der Waals surface area contributed by atoms with Gasteiger partial charge in [-0.25, -0.2) is 8.42 Å². The lowest BCUT2D eigenvalue weighted by atomic mass is 10.1. The van der Waals surface area contributed by atoms with Crippen LogP contribution in [0.1, 0.15) is 18.4 Å². The lowest BCUT2D eigenvalue weighted by Crippen LogP contribution is -2.54. The fraction of sp³-hybridized carbons (Fsp3) is 0.321. The van der Waals surface area contributed by atoms with Gasteiger partial charge in [0.25, 0.3) is 5.91 Å². The average molecular weight is 552 g/mol. The highest BCUT2D eigenvalue weighted by atomic mass is 32.2. The normalized spacial score (nSPS) is 16.6. The van der Waals surface area contributed by atoms with E-state index in [1.807, 2.05) is 54.6 Å². The number of nitrogens with one attached hydrogen (secondary N) is 2. The second-order valence-electron chi connectivity index (χ2n) is 9.47. The molecule has 2 atom stereocenters. The highest BCUT2D eigenvalue weighted by molar-refractivity contribution is 7.89. The van der Waals surface area contributed by atoms with E-state index >= 15 is 0 Å². The number of carbonyl (C=O) groups is 2. The van der Waals surface area contributed by atoms with Crippen molar-refractivity contribution in [2.45, 2.75) is 36.3 Å². The van der Waals surface area contributed by atoms with Crippen LogP contribution >= 0.6 is 0 Å². The van der Waals surface area contributed by atoms with Gasteiger partial charge in [0.1, 0.15) is 6.54 Å². The number of ether oxygens (including phenoxy) is 1. The zero-order valence-electron chi connectivity index (χ0n) is 21.7. The number of sulfonamides is 1. The number of nitrogens with two attached hydrogens (primary N) is 1. The van der Waals surface area contributed by atoms with Crippen LogP contribution in [-0.2, 0) is 30.8 Å². The number of guanidine groups is 1. The molecule has 4 rings (SSSR count). The zero-order chi connectivity index (χ0) is 28.0. The van der Waals surface area contributed by atoms with Crippen LogP contribution in [-0.4, -0.2) is 74.3 Å². The summed E-state index contributed by atoms with van der Waals surface area (Å²) in [7, 11) is -2.72. The number of benzene rings is 3. The van der Waals surface area contributed by atoms with Gasteiger partial charge in [-0.3, -0.25) is 15.0 Å². The number of likely N-dealkylation sites (N-methyl/N-ethyl adjacent to an activating group) is 1. The summed E-state index contributed by atoms with van der Waals surface area (Å²) >= 11 is 0. The number of nitrogens with zero attached hydrogens (tertiary/aromatic N) is 2. The van der Waals surface area contributed by atoms with Crippen molar-refractivity contribution in [3.8, 4) is 0 Å². The molecule has 0 spiro atoms. The van der Waals surface area contributed by atoms with Gasteiger partial charge in [-0.15, -0.1) is 0 Å². The summed E-state index contributed by atoms with van der Waals surface area (Å²) in [4.78, 5) is 27.4. The second-order valence-corrected chi connectivity index (χ2v) is 11.4. The molecule has 0 aliphatic carbocycles. The van der Waals surface area contributed by atoms with E-state index in [1.165, 1.54) is 13.1 Å². The summed E-state index contributed by atoms with van der Waals surface area (Å²) in [5.41, 5.74) is 6.50. The number of hydrogen-bond acceptors (Lipinski definition) is 6. The maximum atomic E-state index is 14.0. The van der Waals surface area contributed by atoms with Crippen LogP contribution in [0, 0.1) is 5.41 Å². The first-order valence-corrected chi connectivity index (χ1v) is 14.2. The SMILES string of the molecule is CNC(=O)C(Cc1ccccc1)OC(=O)CN([C@H]1CCCN(C(=N)N)C1)S(=O)(=O)c1ccc2ccccc2c1. The monoisotopic (exact) mass is 551 g/mol. The molecule has 0 aromatic heterocycles. The molecule has 10 nitrogen and oxygen atoms in total. The molecule has 39 heavy (non-hydrogen) atoms. The Labute approximate surface area is 228 Å². The van der Waals surface area contributed by atoms with E-state index in [2.05, 4.69) is 5.32 Å². The first-order valence-electron chi connectivity index (χ1n) is 12.7. The molecule has 1 heterocycles. The van der Waals surface area contributed by atoms with Crippen LogP contribution in [0.15, 0.2) is 77.7 Å². The minimum absolute atomic E-state index is 0.0427. The van der Waals surface area contributed by atoms with Crippen molar-refractivity contribution < 1.29 is 22.7 Å². The molecule has 1 fully saturated rings. The number of rotatable bonds is 9. The van der Waals surface area contributed by atoms with Gasteiger partial charge in [-0.05, 0) is 41.3 Å².